The van der Waals surface area contributed by atoms with Gasteiger partial charge in [-0.1, -0.05) is 0 Å². The van der Waals surface area contributed by atoms with Gasteiger partial charge in [-0.25, -0.2) is 0 Å². The fraction of sp³-hybridized carbons (Fsp3) is 0.308. The predicted molar refractivity (Wildman–Crippen MR) is 67.1 cm³/mol. The molecule has 0 unspecified atom stereocenters. The predicted octanol–water partition coefficient (Wildman–Crippen LogP) is 1.81. The Bertz CT molecular complexity index is 558. The van der Waals surface area contributed by atoms with E-state index in [0.717, 1.165) is 22.6 Å². The average Bonchev–Trinajstić information content (AvgIpc) is 2.69. The van der Waals surface area contributed by atoms with Gasteiger partial charge in [0.25, 0.3) is 0 Å². The molecule has 1 N–H and O–H groups in total. The number of aliphatic carboxylic acids is 1. The molecule has 0 aliphatic rings. The molecule has 94 valence electrons. The van der Waals surface area contributed by atoms with Gasteiger partial charge in [0, 0.05) is 30.9 Å². The molecule has 5 heteroatoms. The molecule has 0 aromatic carbocycles. The highest BCUT2D eigenvalue weighted by Gasteiger charge is 2.09. The lowest BCUT2D eigenvalue weighted by atomic mass is 10.1. The molecular formula is C13H15N3O2. The van der Waals surface area contributed by atoms with Crippen LogP contribution in [0.15, 0.2) is 24.4 Å². The molecule has 0 bridgehead atoms. The van der Waals surface area contributed by atoms with Crippen LogP contribution in [-0.4, -0.2) is 25.8 Å². The summed E-state index contributed by atoms with van der Waals surface area (Å²) in [5.41, 5.74) is 3.68. The minimum absolute atomic E-state index is 0.0998. The molecule has 0 spiro atoms. The second-order valence-electron chi connectivity index (χ2n) is 4.23. The smallest absolute Gasteiger partial charge is 0.303 e. The summed E-state index contributed by atoms with van der Waals surface area (Å²) in [5, 5.41) is 13.0. The Kier molecular flexibility index (Phi) is 3.41. The van der Waals surface area contributed by atoms with E-state index >= 15 is 0 Å². The van der Waals surface area contributed by atoms with Crippen molar-refractivity contribution >= 4 is 5.97 Å². The maximum atomic E-state index is 10.5. The minimum atomic E-state index is -0.806. The van der Waals surface area contributed by atoms with Crippen molar-refractivity contribution in [2.45, 2.75) is 19.8 Å². The van der Waals surface area contributed by atoms with Crippen LogP contribution in [0.2, 0.25) is 0 Å². The van der Waals surface area contributed by atoms with E-state index < -0.39 is 5.97 Å². The Morgan fingerprint density at radius 1 is 1.44 bits per heavy atom. The normalized spacial score (nSPS) is 10.6. The van der Waals surface area contributed by atoms with Gasteiger partial charge in [-0.3, -0.25) is 14.5 Å². The number of pyridine rings is 1. The molecule has 0 fully saturated rings. The van der Waals surface area contributed by atoms with Gasteiger partial charge in [0.1, 0.15) is 0 Å². The van der Waals surface area contributed by atoms with Gasteiger partial charge in [-0.2, -0.15) is 5.10 Å². The second kappa shape index (κ2) is 5.00. The van der Waals surface area contributed by atoms with Crippen molar-refractivity contribution in [1.82, 2.24) is 14.8 Å². The molecule has 0 saturated carbocycles. The molecule has 2 heterocycles. The van der Waals surface area contributed by atoms with Gasteiger partial charge in [0.15, 0.2) is 0 Å². The zero-order chi connectivity index (χ0) is 13.1. The first-order valence-electron chi connectivity index (χ1n) is 5.74. The Hall–Kier alpha value is -2.17. The molecule has 0 atom stereocenters. The molecule has 5 nitrogen and oxygen atoms in total. The van der Waals surface area contributed by atoms with Crippen molar-refractivity contribution in [3.63, 3.8) is 0 Å². The first-order chi connectivity index (χ1) is 8.56. The van der Waals surface area contributed by atoms with Crippen LogP contribution in [0.1, 0.15) is 17.8 Å². The number of carboxylic acid groups (broad SMARTS) is 1. The Morgan fingerprint density at radius 2 is 2.22 bits per heavy atom. The number of aromatic nitrogens is 3. The van der Waals surface area contributed by atoms with Crippen LogP contribution >= 0.6 is 0 Å². The third-order valence-electron chi connectivity index (χ3n) is 2.73. The van der Waals surface area contributed by atoms with Crippen LogP contribution in [0.5, 0.6) is 0 Å². The van der Waals surface area contributed by atoms with Crippen molar-refractivity contribution in [2.75, 3.05) is 0 Å². The van der Waals surface area contributed by atoms with Gasteiger partial charge >= 0.3 is 5.97 Å². The topological polar surface area (TPSA) is 68.0 Å². The number of rotatable bonds is 4. The van der Waals surface area contributed by atoms with E-state index in [0.29, 0.717) is 6.42 Å². The molecule has 2 aromatic heterocycles. The largest absolute Gasteiger partial charge is 0.481 e. The summed E-state index contributed by atoms with van der Waals surface area (Å²) in [7, 11) is 1.85. The fourth-order valence-electron chi connectivity index (χ4n) is 1.77. The van der Waals surface area contributed by atoms with Crippen LogP contribution < -0.4 is 0 Å². The minimum Gasteiger partial charge on any atom is -0.481 e. The van der Waals surface area contributed by atoms with E-state index in [1.165, 1.54) is 0 Å². The van der Waals surface area contributed by atoms with E-state index in [-0.39, 0.29) is 6.42 Å². The molecule has 0 radical (unpaired) electrons. The van der Waals surface area contributed by atoms with Crippen molar-refractivity contribution in [2.24, 2.45) is 7.05 Å². The Morgan fingerprint density at radius 3 is 2.83 bits per heavy atom. The van der Waals surface area contributed by atoms with E-state index in [1.807, 2.05) is 32.2 Å². The van der Waals surface area contributed by atoms with Crippen LogP contribution in [0.3, 0.4) is 0 Å². The first-order valence-corrected chi connectivity index (χ1v) is 5.74. The van der Waals surface area contributed by atoms with Gasteiger partial charge in [-0.05, 0) is 25.1 Å². The number of nitrogens with zero attached hydrogens (tertiary/aromatic N) is 3. The van der Waals surface area contributed by atoms with Gasteiger partial charge in [0.2, 0.25) is 0 Å². The third-order valence-corrected chi connectivity index (χ3v) is 2.73. The maximum absolute atomic E-state index is 10.5. The van der Waals surface area contributed by atoms with E-state index in [1.54, 1.807) is 10.9 Å². The molecule has 0 amide bonds. The summed E-state index contributed by atoms with van der Waals surface area (Å²) in [6.45, 7) is 1.94. The summed E-state index contributed by atoms with van der Waals surface area (Å²) in [5.74, 6) is -0.806. The standard InChI is InChI=1S/C13H15N3O2/c1-9-3-4-10(8-14-9)12-7-11(15-16(12)2)5-6-13(17)18/h3-4,7-8H,5-6H2,1-2H3,(H,17,18). The summed E-state index contributed by atoms with van der Waals surface area (Å²) in [4.78, 5) is 14.8. The highest BCUT2D eigenvalue weighted by Crippen LogP contribution is 2.19. The Labute approximate surface area is 105 Å². The summed E-state index contributed by atoms with van der Waals surface area (Å²) in [6.07, 6.45) is 2.35. The number of carbonyl (C=O) groups is 1. The van der Waals surface area contributed by atoms with Gasteiger partial charge in [-0.15, -0.1) is 0 Å². The van der Waals surface area contributed by atoms with Crippen molar-refractivity contribution in [3.05, 3.63) is 35.8 Å². The van der Waals surface area contributed by atoms with Gasteiger partial charge < -0.3 is 5.11 Å². The second-order valence-corrected chi connectivity index (χ2v) is 4.23. The maximum Gasteiger partial charge on any atom is 0.303 e. The number of carboxylic acids is 1. The zero-order valence-electron chi connectivity index (χ0n) is 10.4. The van der Waals surface area contributed by atoms with E-state index in [4.69, 9.17) is 5.11 Å². The van der Waals surface area contributed by atoms with Crippen LogP contribution in [-0.2, 0) is 18.3 Å². The highest BCUT2D eigenvalue weighted by molar-refractivity contribution is 5.67. The number of hydrogen-bond donors (Lipinski definition) is 1. The van der Waals surface area contributed by atoms with Crippen molar-refractivity contribution in [3.8, 4) is 11.3 Å². The summed E-state index contributed by atoms with van der Waals surface area (Å²) in [6, 6.07) is 5.84. The van der Waals surface area contributed by atoms with Crippen LogP contribution in [0.4, 0.5) is 0 Å². The molecule has 0 saturated heterocycles. The number of aryl methyl sites for hydroxylation is 3. The van der Waals surface area contributed by atoms with Crippen molar-refractivity contribution in [1.29, 1.82) is 0 Å². The fourth-order valence-corrected chi connectivity index (χ4v) is 1.77. The molecule has 2 rings (SSSR count). The summed E-state index contributed by atoms with van der Waals surface area (Å²) >= 11 is 0. The molecule has 0 aliphatic carbocycles. The van der Waals surface area contributed by atoms with Crippen LogP contribution in [0.25, 0.3) is 11.3 Å². The molecule has 2 aromatic rings. The van der Waals surface area contributed by atoms with Crippen LogP contribution in [0, 0.1) is 6.92 Å². The third kappa shape index (κ3) is 2.74. The summed E-state index contributed by atoms with van der Waals surface area (Å²) < 4.78 is 1.75. The lowest BCUT2D eigenvalue weighted by Crippen LogP contribution is -1.99. The molecular weight excluding hydrogens is 230 g/mol. The average molecular weight is 245 g/mol. The monoisotopic (exact) mass is 245 g/mol. The lowest BCUT2D eigenvalue weighted by Gasteiger charge is -2.00. The Balaban J connectivity index is 2.23. The zero-order valence-corrected chi connectivity index (χ0v) is 10.4. The quantitative estimate of drug-likeness (QED) is 0.892. The molecule has 0 aliphatic heterocycles. The van der Waals surface area contributed by atoms with E-state index in [2.05, 4.69) is 10.1 Å². The van der Waals surface area contributed by atoms with Gasteiger partial charge in [0.05, 0.1) is 17.8 Å². The van der Waals surface area contributed by atoms with Crippen molar-refractivity contribution < 1.29 is 9.90 Å². The lowest BCUT2D eigenvalue weighted by molar-refractivity contribution is -0.136. The molecule has 18 heavy (non-hydrogen) atoms. The highest BCUT2D eigenvalue weighted by atomic mass is 16.4. The first kappa shape index (κ1) is 12.3. The number of hydrogen-bond acceptors (Lipinski definition) is 3. The van der Waals surface area contributed by atoms with E-state index in [9.17, 15) is 4.79 Å². The SMILES string of the molecule is Cc1ccc(-c2cc(CCC(=O)O)nn2C)cn1.